The summed E-state index contributed by atoms with van der Waals surface area (Å²) in [6, 6.07) is 11.1. The van der Waals surface area contributed by atoms with Gasteiger partial charge in [0.2, 0.25) is 0 Å². The van der Waals surface area contributed by atoms with E-state index in [9.17, 15) is 4.79 Å². The molecule has 1 atom stereocenters. The zero-order valence-corrected chi connectivity index (χ0v) is 14.6. The summed E-state index contributed by atoms with van der Waals surface area (Å²) in [7, 11) is 0. The first-order valence-electron chi connectivity index (χ1n) is 8.27. The number of pyridine rings is 1. The van der Waals surface area contributed by atoms with E-state index < -0.39 is 0 Å². The molecule has 0 fully saturated rings. The second-order valence-corrected chi connectivity index (χ2v) is 6.34. The molecule has 2 heterocycles. The van der Waals surface area contributed by atoms with Crippen LogP contribution >= 0.6 is 0 Å². The minimum atomic E-state index is -0.136. The van der Waals surface area contributed by atoms with Gasteiger partial charge in [0.1, 0.15) is 0 Å². The Morgan fingerprint density at radius 3 is 2.52 bits per heavy atom. The lowest BCUT2D eigenvalue weighted by Gasteiger charge is -2.23. The first-order valence-corrected chi connectivity index (χ1v) is 8.27. The smallest absolute Gasteiger partial charge is 0.251 e. The van der Waals surface area contributed by atoms with Gasteiger partial charge in [-0.1, -0.05) is 32.0 Å². The molecule has 5 nitrogen and oxygen atoms in total. The van der Waals surface area contributed by atoms with Gasteiger partial charge in [-0.25, -0.2) is 4.98 Å². The first-order chi connectivity index (χ1) is 12.1. The highest BCUT2D eigenvalue weighted by Gasteiger charge is 2.21. The predicted octanol–water partition coefficient (Wildman–Crippen LogP) is 4.17. The van der Waals surface area contributed by atoms with E-state index in [1.807, 2.05) is 31.2 Å². The van der Waals surface area contributed by atoms with Crippen LogP contribution in [-0.2, 0) is 0 Å². The Bertz CT molecular complexity index is 840. The Labute approximate surface area is 147 Å². The Morgan fingerprint density at radius 2 is 1.92 bits per heavy atom. The molecule has 128 valence electrons. The largest absolute Gasteiger partial charge is 0.444 e. The molecule has 0 radical (unpaired) electrons. The van der Waals surface area contributed by atoms with Gasteiger partial charge in [0, 0.05) is 17.3 Å². The molecule has 0 spiro atoms. The molecular weight excluding hydrogens is 314 g/mol. The van der Waals surface area contributed by atoms with Crippen molar-refractivity contribution in [3.05, 3.63) is 72.0 Å². The van der Waals surface area contributed by atoms with Crippen molar-refractivity contribution in [2.75, 3.05) is 0 Å². The summed E-state index contributed by atoms with van der Waals surface area (Å²) in [5.74, 6) is 0.787. The van der Waals surface area contributed by atoms with Gasteiger partial charge in [-0.05, 0) is 36.6 Å². The minimum absolute atomic E-state index is 0.118. The number of nitrogens with zero attached hydrogens (tertiary/aromatic N) is 2. The molecule has 2 aromatic heterocycles. The highest BCUT2D eigenvalue weighted by molar-refractivity contribution is 5.94. The molecule has 1 aromatic carbocycles. The Morgan fingerprint density at radius 1 is 1.16 bits per heavy atom. The lowest BCUT2D eigenvalue weighted by molar-refractivity contribution is 0.0924. The second kappa shape index (κ2) is 7.30. The third-order valence-electron chi connectivity index (χ3n) is 4.16. The molecular formula is C20H21N3O2. The molecule has 1 amide bonds. The average molecular weight is 335 g/mol. The molecule has 1 N–H and O–H groups in total. The van der Waals surface area contributed by atoms with Crippen LogP contribution in [0.1, 0.15) is 41.5 Å². The minimum Gasteiger partial charge on any atom is -0.444 e. The van der Waals surface area contributed by atoms with Crippen LogP contribution in [0.25, 0.3) is 11.3 Å². The number of carbonyl (C=O) groups excluding carboxylic acids is 1. The summed E-state index contributed by atoms with van der Waals surface area (Å²) in [6.07, 6.45) is 4.79. The van der Waals surface area contributed by atoms with Crippen molar-refractivity contribution in [1.29, 1.82) is 0 Å². The van der Waals surface area contributed by atoms with Gasteiger partial charge in [-0.2, -0.15) is 0 Å². The summed E-state index contributed by atoms with van der Waals surface area (Å²) < 4.78 is 5.27. The number of hydrogen-bond acceptors (Lipinski definition) is 4. The van der Waals surface area contributed by atoms with E-state index in [1.165, 1.54) is 6.39 Å². The van der Waals surface area contributed by atoms with E-state index in [-0.39, 0.29) is 17.9 Å². The highest BCUT2D eigenvalue weighted by Crippen LogP contribution is 2.24. The van der Waals surface area contributed by atoms with Gasteiger partial charge in [0.15, 0.2) is 12.2 Å². The number of hydrogen-bond donors (Lipinski definition) is 1. The van der Waals surface area contributed by atoms with Crippen LogP contribution in [0, 0.1) is 12.8 Å². The molecule has 3 aromatic rings. The molecule has 0 saturated heterocycles. The average Bonchev–Trinajstić information content (AvgIpc) is 3.15. The van der Waals surface area contributed by atoms with Crippen molar-refractivity contribution >= 4 is 5.91 Å². The van der Waals surface area contributed by atoms with Crippen molar-refractivity contribution in [2.45, 2.75) is 26.8 Å². The Balaban J connectivity index is 1.79. The molecule has 3 rings (SSSR count). The highest BCUT2D eigenvalue weighted by atomic mass is 16.3. The summed E-state index contributed by atoms with van der Waals surface area (Å²) >= 11 is 0. The molecule has 1 unspecified atom stereocenters. The number of aryl methyl sites for hydroxylation is 1. The topological polar surface area (TPSA) is 68.0 Å². The summed E-state index contributed by atoms with van der Waals surface area (Å²) in [4.78, 5) is 21.0. The molecule has 25 heavy (non-hydrogen) atoms. The van der Waals surface area contributed by atoms with Crippen molar-refractivity contribution in [1.82, 2.24) is 15.3 Å². The van der Waals surface area contributed by atoms with Crippen LogP contribution in [0.3, 0.4) is 0 Å². The van der Waals surface area contributed by atoms with Gasteiger partial charge in [-0.15, -0.1) is 0 Å². The predicted molar refractivity (Wildman–Crippen MR) is 96.0 cm³/mol. The number of amides is 1. The van der Waals surface area contributed by atoms with Gasteiger partial charge in [-0.3, -0.25) is 9.78 Å². The number of carbonyl (C=O) groups is 1. The number of oxazole rings is 1. The second-order valence-electron chi connectivity index (χ2n) is 6.34. The van der Waals surface area contributed by atoms with E-state index in [1.54, 1.807) is 24.5 Å². The van der Waals surface area contributed by atoms with Crippen LogP contribution in [0.5, 0.6) is 0 Å². The molecule has 0 aliphatic rings. The summed E-state index contributed by atoms with van der Waals surface area (Å²) in [5, 5.41) is 3.11. The Kier molecular flexibility index (Phi) is 4.93. The molecule has 0 aliphatic carbocycles. The van der Waals surface area contributed by atoms with Gasteiger partial charge < -0.3 is 9.73 Å². The fourth-order valence-electron chi connectivity index (χ4n) is 2.74. The van der Waals surface area contributed by atoms with Crippen molar-refractivity contribution < 1.29 is 9.21 Å². The van der Waals surface area contributed by atoms with E-state index in [0.717, 1.165) is 16.8 Å². The van der Waals surface area contributed by atoms with Gasteiger partial charge >= 0.3 is 0 Å². The lowest BCUT2D eigenvalue weighted by Crippen LogP contribution is -2.32. The zero-order valence-electron chi connectivity index (χ0n) is 14.6. The van der Waals surface area contributed by atoms with Gasteiger partial charge in [0.05, 0.1) is 17.9 Å². The number of aromatic nitrogens is 2. The first kappa shape index (κ1) is 16.9. The fraction of sp³-hybridized carbons (Fsp3) is 0.250. The molecule has 5 heteroatoms. The summed E-state index contributed by atoms with van der Waals surface area (Å²) in [6.45, 7) is 6.16. The third kappa shape index (κ3) is 3.76. The van der Waals surface area contributed by atoms with E-state index >= 15 is 0 Å². The van der Waals surface area contributed by atoms with Crippen LogP contribution in [0.4, 0.5) is 0 Å². The normalized spacial score (nSPS) is 12.2. The maximum absolute atomic E-state index is 12.7. The van der Waals surface area contributed by atoms with E-state index in [4.69, 9.17) is 4.42 Å². The number of rotatable bonds is 5. The molecule has 0 bridgehead atoms. The van der Waals surface area contributed by atoms with Crippen LogP contribution in [0.2, 0.25) is 0 Å². The standard InChI is InChI=1S/C20H21N3O2/c1-13(2)18(19-14(3)5-4-10-22-19)23-20(24)16-8-6-15(7-9-16)17-11-21-12-25-17/h4-13,18H,1-3H3,(H,23,24). The lowest BCUT2D eigenvalue weighted by atomic mass is 9.96. The third-order valence-corrected chi connectivity index (χ3v) is 4.16. The zero-order chi connectivity index (χ0) is 17.8. The van der Waals surface area contributed by atoms with Crippen molar-refractivity contribution in [3.8, 4) is 11.3 Å². The fourth-order valence-corrected chi connectivity index (χ4v) is 2.74. The number of nitrogens with one attached hydrogen (secondary N) is 1. The summed E-state index contributed by atoms with van der Waals surface area (Å²) in [5.41, 5.74) is 3.46. The SMILES string of the molecule is Cc1cccnc1C(NC(=O)c1ccc(-c2cnco2)cc1)C(C)C. The number of benzene rings is 1. The maximum atomic E-state index is 12.7. The van der Waals surface area contributed by atoms with Crippen LogP contribution in [0.15, 0.2) is 59.6 Å². The molecule has 0 aliphatic heterocycles. The van der Waals surface area contributed by atoms with Crippen LogP contribution < -0.4 is 5.32 Å². The van der Waals surface area contributed by atoms with Crippen molar-refractivity contribution in [2.24, 2.45) is 5.92 Å². The maximum Gasteiger partial charge on any atom is 0.251 e. The molecule has 0 saturated carbocycles. The monoisotopic (exact) mass is 335 g/mol. The van der Waals surface area contributed by atoms with E-state index in [2.05, 4.69) is 29.1 Å². The van der Waals surface area contributed by atoms with Crippen LogP contribution in [-0.4, -0.2) is 15.9 Å². The van der Waals surface area contributed by atoms with E-state index in [0.29, 0.717) is 11.3 Å². The Hall–Kier alpha value is -2.95. The van der Waals surface area contributed by atoms with Crippen molar-refractivity contribution in [3.63, 3.8) is 0 Å². The quantitative estimate of drug-likeness (QED) is 0.760. The van der Waals surface area contributed by atoms with Gasteiger partial charge in [0.25, 0.3) is 5.91 Å².